The van der Waals surface area contributed by atoms with Gasteiger partial charge in [-0.2, -0.15) is 0 Å². The van der Waals surface area contributed by atoms with Gasteiger partial charge in [0.25, 0.3) is 0 Å². The second-order valence-electron chi connectivity index (χ2n) is 5.48. The summed E-state index contributed by atoms with van der Waals surface area (Å²) in [7, 11) is 0. The van der Waals surface area contributed by atoms with E-state index in [1.165, 1.54) is 33.4 Å². The molecule has 0 atom stereocenters. The van der Waals surface area contributed by atoms with E-state index in [0.29, 0.717) is 0 Å². The van der Waals surface area contributed by atoms with Crippen LogP contribution in [0.2, 0.25) is 0 Å². The molecule has 0 saturated carbocycles. The van der Waals surface area contributed by atoms with E-state index in [1.807, 2.05) is 6.07 Å². The van der Waals surface area contributed by atoms with Gasteiger partial charge in [-0.25, -0.2) is 0 Å². The van der Waals surface area contributed by atoms with Crippen LogP contribution in [-0.4, -0.2) is 0 Å². The van der Waals surface area contributed by atoms with Gasteiger partial charge in [-0.3, -0.25) is 0 Å². The molecule has 0 saturated heterocycles. The molecule has 0 N–H and O–H groups in total. The van der Waals surface area contributed by atoms with Crippen LogP contribution < -0.4 is 0 Å². The van der Waals surface area contributed by atoms with Crippen molar-refractivity contribution in [3.63, 3.8) is 0 Å². The molecule has 0 fully saturated rings. The standard InChI is InChI=1S/C22H20/c1-3-17(2)19-11-7-13-21(15-19)22-14-8-12-20(16-22)18-9-5-4-6-10-18/h4-16H,2-3H2,1H3. The molecule has 3 rings (SSSR count). The Hall–Kier alpha value is -2.60. The molecule has 0 aliphatic rings. The van der Waals surface area contributed by atoms with E-state index in [2.05, 4.69) is 86.3 Å². The Balaban J connectivity index is 2.01. The molecule has 108 valence electrons. The van der Waals surface area contributed by atoms with E-state index in [0.717, 1.165) is 6.42 Å². The van der Waals surface area contributed by atoms with Crippen LogP contribution in [0.15, 0.2) is 85.4 Å². The Labute approximate surface area is 132 Å². The lowest BCUT2D eigenvalue weighted by atomic mass is 9.96. The van der Waals surface area contributed by atoms with Gasteiger partial charge < -0.3 is 0 Å². The molecule has 0 radical (unpaired) electrons. The molecule has 0 bridgehead atoms. The van der Waals surface area contributed by atoms with Crippen LogP contribution in [0.4, 0.5) is 0 Å². The van der Waals surface area contributed by atoms with Crippen LogP contribution in [0.25, 0.3) is 27.8 Å². The summed E-state index contributed by atoms with van der Waals surface area (Å²) in [5.74, 6) is 0. The minimum atomic E-state index is 0.980. The fraction of sp³-hybridized carbons (Fsp3) is 0.0909. The molecule has 0 heterocycles. The second-order valence-corrected chi connectivity index (χ2v) is 5.48. The smallest absolute Gasteiger partial charge is 0.0178 e. The van der Waals surface area contributed by atoms with Crippen molar-refractivity contribution in [1.82, 2.24) is 0 Å². The fourth-order valence-electron chi connectivity index (χ4n) is 2.63. The lowest BCUT2D eigenvalue weighted by Crippen LogP contribution is -1.85. The zero-order valence-corrected chi connectivity index (χ0v) is 12.9. The number of hydrogen-bond donors (Lipinski definition) is 0. The van der Waals surface area contributed by atoms with Crippen LogP contribution in [-0.2, 0) is 0 Å². The quantitative estimate of drug-likeness (QED) is 0.517. The van der Waals surface area contributed by atoms with Gasteiger partial charge in [0.2, 0.25) is 0 Å². The van der Waals surface area contributed by atoms with E-state index in [4.69, 9.17) is 0 Å². The molecule has 3 aromatic carbocycles. The van der Waals surface area contributed by atoms with Crippen molar-refractivity contribution in [1.29, 1.82) is 0 Å². The molecule has 0 aliphatic heterocycles. The zero-order chi connectivity index (χ0) is 15.4. The van der Waals surface area contributed by atoms with Crippen LogP contribution in [0, 0.1) is 0 Å². The van der Waals surface area contributed by atoms with Gasteiger partial charge in [-0.05, 0) is 51.9 Å². The monoisotopic (exact) mass is 284 g/mol. The van der Waals surface area contributed by atoms with E-state index in [-0.39, 0.29) is 0 Å². The average molecular weight is 284 g/mol. The van der Waals surface area contributed by atoms with E-state index in [1.54, 1.807) is 0 Å². The molecule has 0 heteroatoms. The number of benzene rings is 3. The summed E-state index contributed by atoms with van der Waals surface area (Å²) in [5, 5.41) is 0. The van der Waals surface area contributed by atoms with Crippen molar-refractivity contribution in [3.8, 4) is 22.3 Å². The molecule has 0 amide bonds. The minimum absolute atomic E-state index is 0.980. The van der Waals surface area contributed by atoms with E-state index in [9.17, 15) is 0 Å². The van der Waals surface area contributed by atoms with Gasteiger partial charge in [-0.1, -0.05) is 80.2 Å². The van der Waals surface area contributed by atoms with Crippen LogP contribution in [0.3, 0.4) is 0 Å². The van der Waals surface area contributed by atoms with Crippen molar-refractivity contribution in [3.05, 3.63) is 91.0 Å². The second kappa shape index (κ2) is 6.44. The van der Waals surface area contributed by atoms with E-state index < -0.39 is 0 Å². The third kappa shape index (κ3) is 3.01. The SMILES string of the molecule is C=C(CC)c1cccc(-c2cccc(-c3ccccc3)c2)c1. The Kier molecular flexibility index (Phi) is 4.20. The zero-order valence-electron chi connectivity index (χ0n) is 12.9. The highest BCUT2D eigenvalue weighted by Crippen LogP contribution is 2.28. The molecule has 0 spiro atoms. The molecule has 0 aromatic heterocycles. The number of hydrogen-bond acceptors (Lipinski definition) is 0. The summed E-state index contributed by atoms with van der Waals surface area (Å²) in [4.78, 5) is 0. The predicted molar refractivity (Wildman–Crippen MR) is 96.6 cm³/mol. The maximum atomic E-state index is 4.14. The number of allylic oxidation sites excluding steroid dienone is 1. The first-order valence-corrected chi connectivity index (χ1v) is 7.72. The molecular weight excluding hydrogens is 264 g/mol. The van der Waals surface area contributed by atoms with Crippen molar-refractivity contribution in [2.24, 2.45) is 0 Å². The van der Waals surface area contributed by atoms with Crippen LogP contribution >= 0.6 is 0 Å². The summed E-state index contributed by atoms with van der Waals surface area (Å²) in [6, 6.07) is 27.8. The Morgan fingerprint density at radius 3 is 1.91 bits per heavy atom. The molecule has 0 nitrogen and oxygen atoms in total. The van der Waals surface area contributed by atoms with Crippen molar-refractivity contribution >= 4 is 5.57 Å². The molecule has 0 unspecified atom stereocenters. The molecule has 3 aromatic rings. The normalized spacial score (nSPS) is 10.4. The first-order chi connectivity index (χ1) is 10.8. The maximum absolute atomic E-state index is 4.14. The summed E-state index contributed by atoms with van der Waals surface area (Å²) in [6.07, 6.45) is 0.980. The highest BCUT2D eigenvalue weighted by Gasteiger charge is 2.03. The highest BCUT2D eigenvalue weighted by atomic mass is 14.1. The van der Waals surface area contributed by atoms with Crippen LogP contribution in [0.1, 0.15) is 18.9 Å². The van der Waals surface area contributed by atoms with Gasteiger partial charge in [0.15, 0.2) is 0 Å². The minimum Gasteiger partial charge on any atom is -0.0952 e. The average Bonchev–Trinajstić information content (AvgIpc) is 2.62. The van der Waals surface area contributed by atoms with Gasteiger partial charge in [0.1, 0.15) is 0 Å². The topological polar surface area (TPSA) is 0 Å². The largest absolute Gasteiger partial charge is 0.0952 e. The first kappa shape index (κ1) is 14.3. The van der Waals surface area contributed by atoms with Gasteiger partial charge in [-0.15, -0.1) is 0 Å². The lowest BCUT2D eigenvalue weighted by molar-refractivity contribution is 1.24. The summed E-state index contributed by atoms with van der Waals surface area (Å²) >= 11 is 0. The van der Waals surface area contributed by atoms with Gasteiger partial charge in [0, 0.05) is 0 Å². The Morgan fingerprint density at radius 2 is 1.23 bits per heavy atom. The third-order valence-corrected chi connectivity index (χ3v) is 4.00. The Bertz CT molecular complexity index is 782. The summed E-state index contributed by atoms with van der Waals surface area (Å²) in [5.41, 5.74) is 7.39. The van der Waals surface area contributed by atoms with Gasteiger partial charge in [0.05, 0.1) is 0 Å². The van der Waals surface area contributed by atoms with Crippen molar-refractivity contribution < 1.29 is 0 Å². The molecule has 0 aliphatic carbocycles. The van der Waals surface area contributed by atoms with Crippen molar-refractivity contribution in [2.45, 2.75) is 13.3 Å². The predicted octanol–water partition coefficient (Wildman–Crippen LogP) is 6.44. The molecular formula is C22H20. The number of rotatable bonds is 4. The first-order valence-electron chi connectivity index (χ1n) is 7.72. The maximum Gasteiger partial charge on any atom is -0.0178 e. The third-order valence-electron chi connectivity index (χ3n) is 4.00. The fourth-order valence-corrected chi connectivity index (χ4v) is 2.63. The molecule has 22 heavy (non-hydrogen) atoms. The Morgan fingerprint density at radius 1 is 0.682 bits per heavy atom. The van der Waals surface area contributed by atoms with E-state index >= 15 is 0 Å². The van der Waals surface area contributed by atoms with Gasteiger partial charge >= 0.3 is 0 Å². The van der Waals surface area contributed by atoms with Crippen molar-refractivity contribution in [2.75, 3.05) is 0 Å². The highest BCUT2D eigenvalue weighted by molar-refractivity contribution is 5.75. The summed E-state index contributed by atoms with van der Waals surface area (Å²) < 4.78 is 0. The van der Waals surface area contributed by atoms with Crippen LogP contribution in [0.5, 0.6) is 0 Å². The summed E-state index contributed by atoms with van der Waals surface area (Å²) in [6.45, 7) is 6.29. The lowest BCUT2D eigenvalue weighted by Gasteiger charge is -2.09.